The van der Waals surface area contributed by atoms with Gasteiger partial charge >= 0.3 is 0 Å². The molecule has 3 rings (SSSR count). The molecule has 16 heavy (non-hydrogen) atoms. The van der Waals surface area contributed by atoms with Gasteiger partial charge in [-0.3, -0.25) is 0 Å². The van der Waals surface area contributed by atoms with Gasteiger partial charge in [-0.2, -0.15) is 9.61 Å². The quantitative estimate of drug-likeness (QED) is 0.837. The number of anilines is 1. The highest BCUT2D eigenvalue weighted by atomic mass is 15.3. The van der Waals surface area contributed by atoms with Gasteiger partial charge in [-0.25, -0.2) is 4.98 Å². The van der Waals surface area contributed by atoms with Crippen molar-refractivity contribution < 1.29 is 0 Å². The molecule has 1 N–H and O–H groups in total. The Balaban J connectivity index is 1.99. The van der Waals surface area contributed by atoms with Crippen molar-refractivity contribution in [3.05, 3.63) is 24.0 Å². The summed E-state index contributed by atoms with van der Waals surface area (Å²) in [5.74, 6) is 1.04. The molecular formula is C12H16N4. The molecular weight excluding hydrogens is 200 g/mol. The first-order chi connectivity index (χ1) is 7.56. The van der Waals surface area contributed by atoms with E-state index in [2.05, 4.69) is 42.2 Å². The van der Waals surface area contributed by atoms with Crippen LogP contribution in [0.1, 0.15) is 25.8 Å². The first-order valence-corrected chi connectivity index (χ1v) is 5.63. The normalized spacial score (nSPS) is 22.3. The predicted octanol–water partition coefficient (Wildman–Crippen LogP) is 2.25. The van der Waals surface area contributed by atoms with E-state index in [9.17, 15) is 0 Å². The summed E-state index contributed by atoms with van der Waals surface area (Å²) in [7, 11) is 0. The highest BCUT2D eigenvalue weighted by Gasteiger charge is 2.45. The molecule has 1 unspecified atom stereocenters. The molecule has 4 heteroatoms. The molecule has 4 nitrogen and oxygen atoms in total. The second-order valence-corrected chi connectivity index (χ2v) is 5.34. The summed E-state index contributed by atoms with van der Waals surface area (Å²) in [5.41, 5.74) is 2.53. The fourth-order valence-corrected chi connectivity index (χ4v) is 2.05. The van der Waals surface area contributed by atoms with Gasteiger partial charge in [-0.1, -0.05) is 13.8 Å². The van der Waals surface area contributed by atoms with Crippen LogP contribution < -0.4 is 5.32 Å². The minimum atomic E-state index is 0.413. The SMILES string of the molecule is Cc1cc(NC2CC2(C)C)n2ncnc2c1. The number of hydrogen-bond acceptors (Lipinski definition) is 3. The van der Waals surface area contributed by atoms with Crippen molar-refractivity contribution >= 4 is 11.5 Å². The van der Waals surface area contributed by atoms with Crippen molar-refractivity contribution in [3.8, 4) is 0 Å². The number of rotatable bonds is 2. The fourth-order valence-electron chi connectivity index (χ4n) is 2.05. The molecule has 0 aliphatic heterocycles. The maximum atomic E-state index is 4.23. The Labute approximate surface area is 94.7 Å². The standard InChI is InChI=1S/C12H16N4/c1-8-4-10-13-7-14-16(10)11(5-8)15-9-6-12(9,2)3/h4-5,7,9,15H,6H2,1-3H3. The van der Waals surface area contributed by atoms with Crippen molar-refractivity contribution in [2.24, 2.45) is 5.41 Å². The van der Waals surface area contributed by atoms with E-state index in [-0.39, 0.29) is 0 Å². The largest absolute Gasteiger partial charge is 0.367 e. The van der Waals surface area contributed by atoms with Crippen molar-refractivity contribution in [2.75, 3.05) is 5.32 Å². The zero-order valence-electron chi connectivity index (χ0n) is 9.86. The number of hydrogen-bond donors (Lipinski definition) is 1. The lowest BCUT2D eigenvalue weighted by molar-refractivity contribution is 0.629. The van der Waals surface area contributed by atoms with E-state index in [0.29, 0.717) is 11.5 Å². The summed E-state index contributed by atoms with van der Waals surface area (Å²) in [5, 5.41) is 7.77. The van der Waals surface area contributed by atoms with Crippen LogP contribution in [0, 0.1) is 12.3 Å². The van der Waals surface area contributed by atoms with E-state index in [1.54, 1.807) is 6.33 Å². The Morgan fingerprint density at radius 3 is 2.88 bits per heavy atom. The van der Waals surface area contributed by atoms with E-state index >= 15 is 0 Å². The Kier molecular flexibility index (Phi) is 1.79. The molecule has 1 atom stereocenters. The summed E-state index contributed by atoms with van der Waals surface area (Å²) >= 11 is 0. The second kappa shape index (κ2) is 2.97. The number of nitrogens with one attached hydrogen (secondary N) is 1. The third-order valence-corrected chi connectivity index (χ3v) is 3.36. The molecule has 0 bridgehead atoms. The van der Waals surface area contributed by atoms with Crippen LogP contribution in [0.15, 0.2) is 18.5 Å². The second-order valence-electron chi connectivity index (χ2n) is 5.34. The van der Waals surface area contributed by atoms with E-state index in [0.717, 1.165) is 11.5 Å². The van der Waals surface area contributed by atoms with E-state index in [1.165, 1.54) is 12.0 Å². The number of aryl methyl sites for hydroxylation is 1. The summed E-state index contributed by atoms with van der Waals surface area (Å²) in [6, 6.07) is 4.72. The lowest BCUT2D eigenvalue weighted by Crippen LogP contribution is -2.12. The summed E-state index contributed by atoms with van der Waals surface area (Å²) in [6.45, 7) is 6.63. The van der Waals surface area contributed by atoms with Gasteiger partial charge < -0.3 is 5.32 Å². The van der Waals surface area contributed by atoms with Crippen molar-refractivity contribution in [3.63, 3.8) is 0 Å². The lowest BCUT2D eigenvalue weighted by atomic mass is 10.2. The molecule has 2 aromatic heterocycles. The van der Waals surface area contributed by atoms with Crippen LogP contribution in [-0.2, 0) is 0 Å². The maximum Gasteiger partial charge on any atom is 0.157 e. The Morgan fingerprint density at radius 1 is 1.44 bits per heavy atom. The zero-order chi connectivity index (χ0) is 11.3. The van der Waals surface area contributed by atoms with Crippen LogP contribution in [0.25, 0.3) is 5.65 Å². The Hall–Kier alpha value is -1.58. The molecule has 1 fully saturated rings. The van der Waals surface area contributed by atoms with Crippen molar-refractivity contribution in [1.29, 1.82) is 0 Å². The van der Waals surface area contributed by atoms with E-state index in [1.807, 2.05) is 10.6 Å². The fraction of sp³-hybridized carbons (Fsp3) is 0.500. The van der Waals surface area contributed by atoms with Crippen LogP contribution in [0.5, 0.6) is 0 Å². The predicted molar refractivity (Wildman–Crippen MR) is 63.5 cm³/mol. The number of aromatic nitrogens is 3. The zero-order valence-corrected chi connectivity index (χ0v) is 9.86. The van der Waals surface area contributed by atoms with Crippen molar-refractivity contribution in [1.82, 2.24) is 14.6 Å². The first kappa shape index (κ1) is 9.63. The Morgan fingerprint density at radius 2 is 2.19 bits per heavy atom. The number of nitrogens with zero attached hydrogens (tertiary/aromatic N) is 3. The molecule has 0 spiro atoms. The number of fused-ring (bicyclic) bond motifs is 1. The van der Waals surface area contributed by atoms with Crippen LogP contribution in [0.2, 0.25) is 0 Å². The molecule has 0 aromatic carbocycles. The van der Waals surface area contributed by atoms with Gasteiger partial charge in [-0.05, 0) is 36.5 Å². The van der Waals surface area contributed by atoms with Crippen LogP contribution >= 0.6 is 0 Å². The van der Waals surface area contributed by atoms with E-state index in [4.69, 9.17) is 0 Å². The monoisotopic (exact) mass is 216 g/mol. The molecule has 84 valence electrons. The summed E-state index contributed by atoms with van der Waals surface area (Å²) in [6.07, 6.45) is 2.81. The minimum absolute atomic E-state index is 0.413. The molecule has 1 aliphatic rings. The third-order valence-electron chi connectivity index (χ3n) is 3.36. The highest BCUT2D eigenvalue weighted by Crippen LogP contribution is 2.46. The summed E-state index contributed by atoms with van der Waals surface area (Å²) in [4.78, 5) is 4.22. The van der Waals surface area contributed by atoms with Gasteiger partial charge in [-0.15, -0.1) is 0 Å². The molecule has 0 amide bonds. The van der Waals surface area contributed by atoms with Crippen LogP contribution in [-0.4, -0.2) is 20.6 Å². The van der Waals surface area contributed by atoms with Gasteiger partial charge in [0.15, 0.2) is 5.65 Å². The lowest BCUT2D eigenvalue weighted by Gasteiger charge is -2.10. The number of pyridine rings is 1. The summed E-state index contributed by atoms with van der Waals surface area (Å²) < 4.78 is 1.86. The Bertz CT molecular complexity index is 541. The highest BCUT2D eigenvalue weighted by molar-refractivity contribution is 5.52. The first-order valence-electron chi connectivity index (χ1n) is 5.63. The maximum absolute atomic E-state index is 4.23. The van der Waals surface area contributed by atoms with Crippen molar-refractivity contribution in [2.45, 2.75) is 33.2 Å². The van der Waals surface area contributed by atoms with Gasteiger partial charge in [0, 0.05) is 6.04 Å². The van der Waals surface area contributed by atoms with Gasteiger partial charge in [0.1, 0.15) is 12.1 Å². The topological polar surface area (TPSA) is 42.2 Å². The molecule has 1 aliphatic carbocycles. The molecule has 0 radical (unpaired) electrons. The minimum Gasteiger partial charge on any atom is -0.367 e. The molecule has 2 heterocycles. The third kappa shape index (κ3) is 1.45. The average Bonchev–Trinajstić information content (AvgIpc) is 2.63. The van der Waals surface area contributed by atoms with Gasteiger partial charge in [0.05, 0.1) is 0 Å². The van der Waals surface area contributed by atoms with Crippen LogP contribution in [0.3, 0.4) is 0 Å². The van der Waals surface area contributed by atoms with Crippen LogP contribution in [0.4, 0.5) is 5.82 Å². The van der Waals surface area contributed by atoms with E-state index < -0.39 is 0 Å². The molecule has 1 saturated carbocycles. The van der Waals surface area contributed by atoms with Gasteiger partial charge in [0.25, 0.3) is 0 Å². The average molecular weight is 216 g/mol. The molecule has 2 aromatic rings. The molecule has 0 saturated heterocycles. The van der Waals surface area contributed by atoms with Gasteiger partial charge in [0.2, 0.25) is 0 Å². The smallest absolute Gasteiger partial charge is 0.157 e.